The number of hydrogen-bond donors (Lipinski definition) is 1. The third-order valence-corrected chi connectivity index (χ3v) is 2.27. The molecule has 0 saturated carbocycles. The van der Waals surface area contributed by atoms with E-state index in [1.807, 2.05) is 0 Å². The monoisotopic (exact) mass is 231 g/mol. The van der Waals surface area contributed by atoms with Gasteiger partial charge in [-0.15, -0.1) is 0 Å². The summed E-state index contributed by atoms with van der Waals surface area (Å²) < 4.78 is 4.78. The van der Waals surface area contributed by atoms with Crippen LogP contribution in [0.5, 0.6) is 5.75 Å². The number of para-hydroxylation sites is 1. The number of phenolic OH excluding ortho intramolecular Hbond substituents is 1. The van der Waals surface area contributed by atoms with E-state index in [0.717, 1.165) is 0 Å². The molecule has 0 unspecified atom stereocenters. The Balaban J connectivity index is 3.24. The zero-order valence-electron chi connectivity index (χ0n) is 9.73. The minimum Gasteiger partial charge on any atom is -0.507 e. The highest BCUT2D eigenvalue weighted by atomic mass is 16.5. The number of phenols is 1. The second kappa shape index (κ2) is 5.71. The number of rotatable bonds is 3. The predicted molar refractivity (Wildman–Crippen MR) is 62.9 cm³/mol. The number of nitrogens with zero attached hydrogens (tertiary/aromatic N) is 1. The van der Waals surface area contributed by atoms with E-state index in [0.29, 0.717) is 11.1 Å². The third kappa shape index (κ3) is 2.85. The van der Waals surface area contributed by atoms with Crippen LogP contribution in [-0.2, 0) is 9.53 Å². The number of benzene rings is 1. The fraction of sp³-hybridized carbons (Fsp3) is 0.231. The first-order valence-corrected chi connectivity index (χ1v) is 5.18. The first-order chi connectivity index (χ1) is 8.11. The highest BCUT2D eigenvalue weighted by Crippen LogP contribution is 2.26. The number of ether oxygens (including phenoxy) is 1. The van der Waals surface area contributed by atoms with Gasteiger partial charge in [-0.05, 0) is 25.5 Å². The highest BCUT2D eigenvalue weighted by molar-refractivity contribution is 6.01. The fourth-order valence-electron chi connectivity index (χ4n) is 1.41. The molecule has 1 aromatic rings. The minimum atomic E-state index is -0.671. The Morgan fingerprint density at radius 2 is 2.12 bits per heavy atom. The van der Waals surface area contributed by atoms with Crippen LogP contribution in [0.1, 0.15) is 19.4 Å². The lowest BCUT2D eigenvalue weighted by Crippen LogP contribution is -2.08. The zero-order valence-corrected chi connectivity index (χ0v) is 9.73. The molecule has 17 heavy (non-hydrogen) atoms. The van der Waals surface area contributed by atoms with Gasteiger partial charge >= 0.3 is 5.97 Å². The van der Waals surface area contributed by atoms with Crippen molar-refractivity contribution in [2.45, 2.75) is 13.8 Å². The molecule has 0 aliphatic heterocycles. The number of carbonyl (C=O) groups excluding carboxylic acids is 1. The van der Waals surface area contributed by atoms with Crippen molar-refractivity contribution in [2.24, 2.45) is 0 Å². The molecule has 0 bridgehead atoms. The average Bonchev–Trinajstić information content (AvgIpc) is 2.30. The van der Waals surface area contributed by atoms with Crippen LogP contribution in [0, 0.1) is 11.3 Å². The maximum absolute atomic E-state index is 11.5. The lowest BCUT2D eigenvalue weighted by molar-refractivity contribution is -0.137. The van der Waals surface area contributed by atoms with Crippen molar-refractivity contribution in [3.05, 3.63) is 35.4 Å². The smallest absolute Gasteiger partial charge is 0.349 e. The lowest BCUT2D eigenvalue weighted by atomic mass is 10.0. The Labute approximate surface area is 99.8 Å². The van der Waals surface area contributed by atoms with Crippen LogP contribution >= 0.6 is 0 Å². The molecule has 4 nitrogen and oxygen atoms in total. The second-order valence-corrected chi connectivity index (χ2v) is 3.35. The average molecular weight is 231 g/mol. The maximum atomic E-state index is 11.5. The number of esters is 1. The van der Waals surface area contributed by atoms with Crippen molar-refractivity contribution in [2.75, 3.05) is 6.61 Å². The van der Waals surface area contributed by atoms with E-state index in [1.165, 1.54) is 6.07 Å². The number of aromatic hydroxyl groups is 1. The first-order valence-electron chi connectivity index (χ1n) is 5.18. The molecule has 1 aromatic carbocycles. The van der Waals surface area contributed by atoms with Crippen LogP contribution in [0.15, 0.2) is 29.8 Å². The Morgan fingerprint density at radius 3 is 2.65 bits per heavy atom. The van der Waals surface area contributed by atoms with E-state index in [9.17, 15) is 9.90 Å². The Kier molecular flexibility index (Phi) is 4.29. The van der Waals surface area contributed by atoms with Crippen molar-refractivity contribution in [1.29, 1.82) is 5.26 Å². The van der Waals surface area contributed by atoms with Gasteiger partial charge in [0.05, 0.1) is 6.61 Å². The van der Waals surface area contributed by atoms with Crippen molar-refractivity contribution >= 4 is 11.5 Å². The minimum absolute atomic E-state index is 0.0297. The molecule has 0 heterocycles. The second-order valence-electron chi connectivity index (χ2n) is 3.35. The van der Waals surface area contributed by atoms with E-state index in [2.05, 4.69) is 0 Å². The molecule has 0 amide bonds. The summed E-state index contributed by atoms with van der Waals surface area (Å²) in [5, 5.41) is 18.6. The van der Waals surface area contributed by atoms with Gasteiger partial charge in [0.1, 0.15) is 17.4 Å². The van der Waals surface area contributed by atoms with Crippen molar-refractivity contribution in [3.8, 4) is 11.8 Å². The molecule has 0 fully saturated rings. The lowest BCUT2D eigenvalue weighted by Gasteiger charge is -2.07. The van der Waals surface area contributed by atoms with Gasteiger partial charge < -0.3 is 9.84 Å². The normalized spacial score (nSPS) is 11.4. The summed E-state index contributed by atoms with van der Waals surface area (Å²) in [6.07, 6.45) is 0. The number of carbonyl (C=O) groups is 1. The summed E-state index contributed by atoms with van der Waals surface area (Å²) in [4.78, 5) is 11.5. The number of hydrogen-bond acceptors (Lipinski definition) is 4. The van der Waals surface area contributed by atoms with Gasteiger partial charge in [-0.2, -0.15) is 5.26 Å². The Morgan fingerprint density at radius 1 is 1.47 bits per heavy atom. The van der Waals surface area contributed by atoms with E-state index in [-0.39, 0.29) is 17.9 Å². The van der Waals surface area contributed by atoms with E-state index in [4.69, 9.17) is 10.00 Å². The van der Waals surface area contributed by atoms with Gasteiger partial charge in [-0.1, -0.05) is 18.2 Å². The Hall–Kier alpha value is -2.28. The van der Waals surface area contributed by atoms with Gasteiger partial charge in [0, 0.05) is 5.56 Å². The number of allylic oxidation sites excluding steroid dienone is 1. The molecule has 0 aromatic heterocycles. The maximum Gasteiger partial charge on any atom is 0.349 e. The van der Waals surface area contributed by atoms with Crippen LogP contribution < -0.4 is 0 Å². The summed E-state index contributed by atoms with van der Waals surface area (Å²) in [5.74, 6) is -0.641. The summed E-state index contributed by atoms with van der Waals surface area (Å²) in [7, 11) is 0. The zero-order chi connectivity index (χ0) is 12.8. The molecule has 1 rings (SSSR count). The van der Waals surface area contributed by atoms with Gasteiger partial charge in [-0.25, -0.2) is 4.79 Å². The first kappa shape index (κ1) is 12.8. The standard InChI is InChI=1S/C13H13NO3/c1-3-17-13(16)11(8-14)9(2)10-6-4-5-7-12(10)15/h4-7,15H,3H2,1-2H3/b11-9-. The van der Waals surface area contributed by atoms with Crippen LogP contribution in [0.25, 0.3) is 5.57 Å². The fourth-order valence-corrected chi connectivity index (χ4v) is 1.41. The van der Waals surface area contributed by atoms with Gasteiger partial charge in [-0.3, -0.25) is 0 Å². The molecule has 1 N–H and O–H groups in total. The predicted octanol–water partition coefficient (Wildman–Crippen LogP) is 2.25. The van der Waals surface area contributed by atoms with Crippen molar-refractivity contribution in [1.82, 2.24) is 0 Å². The van der Waals surface area contributed by atoms with Crippen LogP contribution in [0.4, 0.5) is 0 Å². The molecule has 0 spiro atoms. The SMILES string of the molecule is CCOC(=O)/C(C#N)=C(/C)c1ccccc1O. The van der Waals surface area contributed by atoms with Crippen LogP contribution in [-0.4, -0.2) is 17.7 Å². The van der Waals surface area contributed by atoms with Crippen LogP contribution in [0.3, 0.4) is 0 Å². The Bertz CT molecular complexity index is 498. The molecule has 0 aliphatic rings. The molecule has 0 aliphatic carbocycles. The van der Waals surface area contributed by atoms with Crippen molar-refractivity contribution in [3.63, 3.8) is 0 Å². The topological polar surface area (TPSA) is 70.3 Å². The van der Waals surface area contributed by atoms with E-state index >= 15 is 0 Å². The summed E-state index contributed by atoms with van der Waals surface area (Å²) >= 11 is 0. The molecule has 0 radical (unpaired) electrons. The quantitative estimate of drug-likeness (QED) is 0.492. The third-order valence-electron chi connectivity index (χ3n) is 2.27. The van der Waals surface area contributed by atoms with E-state index in [1.54, 1.807) is 38.1 Å². The molecular weight excluding hydrogens is 218 g/mol. The molecular formula is C13H13NO3. The van der Waals surface area contributed by atoms with Gasteiger partial charge in [0.2, 0.25) is 0 Å². The summed E-state index contributed by atoms with van der Waals surface area (Å²) in [6, 6.07) is 8.34. The largest absolute Gasteiger partial charge is 0.507 e. The van der Waals surface area contributed by atoms with Gasteiger partial charge in [0.25, 0.3) is 0 Å². The molecule has 0 saturated heterocycles. The number of nitriles is 1. The molecule has 0 atom stereocenters. The van der Waals surface area contributed by atoms with E-state index < -0.39 is 5.97 Å². The molecule has 88 valence electrons. The highest BCUT2D eigenvalue weighted by Gasteiger charge is 2.16. The van der Waals surface area contributed by atoms with Gasteiger partial charge in [0.15, 0.2) is 0 Å². The summed E-state index contributed by atoms with van der Waals surface area (Å²) in [5.41, 5.74) is 0.773. The van der Waals surface area contributed by atoms with Crippen LogP contribution in [0.2, 0.25) is 0 Å². The summed E-state index contributed by atoms with van der Waals surface area (Å²) in [6.45, 7) is 3.48. The molecule has 4 heteroatoms. The van der Waals surface area contributed by atoms with Crippen molar-refractivity contribution < 1.29 is 14.6 Å².